The predicted molar refractivity (Wildman–Crippen MR) is 81.9 cm³/mol. The Morgan fingerprint density at radius 2 is 2.13 bits per heavy atom. The van der Waals surface area contributed by atoms with Crippen molar-refractivity contribution in [1.82, 2.24) is 13.9 Å². The molecule has 1 atom stereocenters. The summed E-state index contributed by atoms with van der Waals surface area (Å²) in [5, 5.41) is 15.6. The van der Waals surface area contributed by atoms with Gasteiger partial charge in [-0.3, -0.25) is 5.41 Å². The number of rotatable bonds is 6. The maximum absolute atomic E-state index is 12.5. The van der Waals surface area contributed by atoms with E-state index in [0.29, 0.717) is 13.1 Å². The summed E-state index contributed by atoms with van der Waals surface area (Å²) in [5.41, 5.74) is -0.201. The van der Waals surface area contributed by atoms with E-state index >= 15 is 0 Å². The molecule has 0 spiro atoms. The van der Waals surface area contributed by atoms with Crippen molar-refractivity contribution >= 4 is 26.1 Å². The van der Waals surface area contributed by atoms with Crippen molar-refractivity contribution in [2.24, 2.45) is 5.18 Å². The van der Waals surface area contributed by atoms with Gasteiger partial charge < -0.3 is 4.52 Å². The van der Waals surface area contributed by atoms with Crippen LogP contribution in [0.5, 0.6) is 0 Å². The zero-order valence-corrected chi connectivity index (χ0v) is 15.1. The summed E-state index contributed by atoms with van der Waals surface area (Å²) in [6, 6.07) is 0. The van der Waals surface area contributed by atoms with E-state index in [-0.39, 0.29) is 29.8 Å². The fraction of sp³-hybridized carbons (Fsp3) is 0.800. The molecular weight excluding hydrogens is 394 g/mol. The molecule has 1 aliphatic heterocycles. The van der Waals surface area contributed by atoms with E-state index < -0.39 is 16.4 Å². The first kappa shape index (κ1) is 18.0. The van der Waals surface area contributed by atoms with Crippen molar-refractivity contribution < 1.29 is 17.7 Å². The van der Waals surface area contributed by atoms with Gasteiger partial charge in [-0.25, -0.2) is 5.01 Å². The normalized spacial score (nSPS) is 20.2. The molecular formula is C10H18BrN7O4S. The lowest BCUT2D eigenvalue weighted by atomic mass is 10.3. The lowest BCUT2D eigenvalue weighted by Gasteiger charge is -2.39. The van der Waals surface area contributed by atoms with E-state index in [4.69, 9.17) is 9.93 Å². The van der Waals surface area contributed by atoms with Crippen molar-refractivity contribution in [2.45, 2.75) is 20.0 Å². The van der Waals surface area contributed by atoms with Crippen LogP contribution in [-0.4, -0.2) is 55.9 Å². The lowest BCUT2D eigenvalue weighted by molar-refractivity contribution is -0.776. The average Bonchev–Trinajstić information content (AvgIpc) is 2.87. The molecule has 1 aromatic heterocycles. The van der Waals surface area contributed by atoms with E-state index in [9.17, 15) is 13.3 Å². The third-order valence-electron chi connectivity index (χ3n) is 3.58. The third kappa shape index (κ3) is 3.32. The van der Waals surface area contributed by atoms with Gasteiger partial charge >= 0.3 is 10.2 Å². The highest BCUT2D eigenvalue weighted by Crippen LogP contribution is 2.15. The van der Waals surface area contributed by atoms with Crippen molar-refractivity contribution in [1.29, 1.82) is 5.41 Å². The molecule has 0 amide bonds. The average molecular weight is 412 g/mol. The van der Waals surface area contributed by atoms with Gasteiger partial charge in [-0.15, -0.1) is 0 Å². The van der Waals surface area contributed by atoms with Gasteiger partial charge in [-0.05, 0) is 5.27 Å². The summed E-state index contributed by atoms with van der Waals surface area (Å²) in [7, 11) is -3.64. The highest BCUT2D eigenvalue weighted by atomic mass is 79.9. The maximum Gasteiger partial charge on any atom is 0.332 e. The molecule has 13 heteroatoms. The van der Waals surface area contributed by atoms with Crippen LogP contribution >= 0.6 is 15.9 Å². The molecule has 1 N–H and O–H groups in total. The Hall–Kier alpha value is -1.31. The quantitative estimate of drug-likeness (QED) is 0.457. The first-order chi connectivity index (χ1) is 10.9. The van der Waals surface area contributed by atoms with Crippen LogP contribution in [0.4, 0.5) is 0 Å². The molecule has 1 aliphatic rings. The molecule has 1 aromatic rings. The molecule has 130 valence electrons. The van der Waals surface area contributed by atoms with Gasteiger partial charge in [0, 0.05) is 48.7 Å². The van der Waals surface area contributed by atoms with Gasteiger partial charge in [-0.2, -0.15) is 21.9 Å². The molecule has 2 rings (SSSR count). The second-order valence-corrected chi connectivity index (χ2v) is 7.46. The number of piperazine rings is 1. The maximum atomic E-state index is 12.5. The molecule has 23 heavy (non-hydrogen) atoms. The van der Waals surface area contributed by atoms with Crippen molar-refractivity contribution in [3.05, 3.63) is 15.1 Å². The highest BCUT2D eigenvalue weighted by molar-refractivity contribution is 9.10. The summed E-state index contributed by atoms with van der Waals surface area (Å²) in [5.74, 6) is 0. The van der Waals surface area contributed by atoms with Crippen molar-refractivity contribution in [3.63, 3.8) is 0 Å². The van der Waals surface area contributed by atoms with Crippen LogP contribution in [0.15, 0.2) is 14.3 Å². The van der Waals surface area contributed by atoms with Crippen LogP contribution in [0.25, 0.3) is 0 Å². The van der Waals surface area contributed by atoms with Gasteiger partial charge in [0.25, 0.3) is 10.2 Å². The van der Waals surface area contributed by atoms with Gasteiger partial charge in [0.05, 0.1) is 0 Å². The van der Waals surface area contributed by atoms with Crippen LogP contribution in [0.2, 0.25) is 0 Å². The number of hydrogen-bond donors (Lipinski definition) is 1. The van der Waals surface area contributed by atoms with E-state index in [1.54, 1.807) is 13.8 Å². The molecule has 0 radical (unpaired) electrons. The SMILES string of the molecule is CCN(CC)S(=O)(=O)N1CCN([n+]2[n-]oc(=N)c2Br)C(N=O)C1. The topological polar surface area (TPSA) is 128 Å². The van der Waals surface area contributed by atoms with Gasteiger partial charge in [-0.1, -0.05) is 23.8 Å². The molecule has 0 saturated carbocycles. The van der Waals surface area contributed by atoms with E-state index in [0.717, 1.165) is 0 Å². The Balaban J connectivity index is 2.24. The van der Waals surface area contributed by atoms with Crippen molar-refractivity contribution in [3.8, 4) is 0 Å². The summed E-state index contributed by atoms with van der Waals surface area (Å²) < 4.78 is 32.6. The summed E-state index contributed by atoms with van der Waals surface area (Å²) in [4.78, 5) is 12.4. The van der Waals surface area contributed by atoms with Gasteiger partial charge in [0.1, 0.15) is 0 Å². The third-order valence-corrected chi connectivity index (χ3v) is 6.42. The number of aromatic nitrogens is 2. The molecule has 0 aliphatic carbocycles. The number of nitrogens with zero attached hydrogens (tertiary/aromatic N) is 6. The molecule has 11 nitrogen and oxygen atoms in total. The molecule has 2 heterocycles. The van der Waals surface area contributed by atoms with Crippen molar-refractivity contribution in [2.75, 3.05) is 37.7 Å². The molecule has 0 aromatic carbocycles. The second kappa shape index (κ2) is 7.07. The monoisotopic (exact) mass is 411 g/mol. The molecule has 1 saturated heterocycles. The summed E-state index contributed by atoms with van der Waals surface area (Å²) in [6.45, 7) is 4.47. The van der Waals surface area contributed by atoms with Gasteiger partial charge in [0.15, 0.2) is 6.17 Å². The standard InChI is InChI=1S/C10H18BrN7O4S/c1-3-15(4-2)23(20,21)16-5-6-17(8(7-16)13-19)18-9(11)10(12)22-14-18/h8,12H,3-7H2,1-2H3. The Bertz CT molecular complexity index is 713. The Morgan fingerprint density at radius 1 is 1.48 bits per heavy atom. The lowest BCUT2D eigenvalue weighted by Crippen LogP contribution is -2.71. The minimum absolute atomic E-state index is 0.0953. The zero-order chi connectivity index (χ0) is 17.2. The predicted octanol–water partition coefficient (Wildman–Crippen LogP) is -1.30. The summed E-state index contributed by atoms with van der Waals surface area (Å²) in [6.07, 6.45) is -0.972. The van der Waals surface area contributed by atoms with Crippen LogP contribution in [-0.2, 0) is 10.2 Å². The Morgan fingerprint density at radius 3 is 2.61 bits per heavy atom. The van der Waals surface area contributed by atoms with E-state index in [2.05, 4.69) is 26.4 Å². The molecule has 0 bridgehead atoms. The molecule has 1 unspecified atom stereocenters. The fourth-order valence-corrected chi connectivity index (χ4v) is 4.32. The zero-order valence-electron chi connectivity index (χ0n) is 12.7. The Kier molecular flexibility index (Phi) is 5.54. The van der Waals surface area contributed by atoms with E-state index in [1.165, 1.54) is 18.4 Å². The minimum Gasteiger partial charge on any atom is -0.379 e. The molecule has 1 fully saturated rings. The Labute approximate surface area is 141 Å². The van der Waals surface area contributed by atoms with Crippen LogP contribution < -0.4 is 20.6 Å². The number of hydrogen-bond acceptors (Lipinski definition) is 7. The number of nitrogens with one attached hydrogen (secondary N) is 1. The van der Waals surface area contributed by atoms with Crippen LogP contribution in [0.3, 0.4) is 0 Å². The first-order valence-electron chi connectivity index (χ1n) is 7.00. The minimum atomic E-state index is -3.64. The second-order valence-electron chi connectivity index (χ2n) is 4.78. The van der Waals surface area contributed by atoms with Crippen LogP contribution in [0, 0.1) is 10.3 Å². The smallest absolute Gasteiger partial charge is 0.332 e. The fourth-order valence-electron chi connectivity index (χ4n) is 2.37. The first-order valence-corrected chi connectivity index (χ1v) is 9.19. The van der Waals surface area contributed by atoms with Gasteiger partial charge in [0.2, 0.25) is 0 Å². The van der Waals surface area contributed by atoms with E-state index in [1.807, 2.05) is 0 Å². The summed E-state index contributed by atoms with van der Waals surface area (Å²) >= 11 is 3.14. The largest absolute Gasteiger partial charge is 0.379 e. The number of nitroso groups, excluding NO2 is 1. The highest BCUT2D eigenvalue weighted by Gasteiger charge is 2.37. The number of halogens is 1. The van der Waals surface area contributed by atoms with Crippen LogP contribution in [0.1, 0.15) is 13.8 Å².